The number of imide groups is 1. The van der Waals surface area contributed by atoms with Crippen LogP contribution in [-0.4, -0.2) is 34.9 Å². The minimum Gasteiger partial charge on any atom is -0.341 e. The molecule has 0 aliphatic heterocycles. The van der Waals surface area contributed by atoms with Crippen molar-refractivity contribution >= 4 is 23.7 Å². The van der Waals surface area contributed by atoms with Crippen LogP contribution in [0.5, 0.6) is 0 Å². The van der Waals surface area contributed by atoms with E-state index in [1.165, 1.54) is 24.9 Å². The fraction of sp³-hybridized carbons (Fsp3) is 0.375. The first-order valence-corrected chi connectivity index (χ1v) is 8.69. The van der Waals surface area contributed by atoms with Gasteiger partial charge in [-0.25, -0.2) is 9.18 Å². The first-order valence-electron chi connectivity index (χ1n) is 7.64. The number of hydrogen-bond acceptors (Lipinski definition) is 6. The average Bonchev–Trinajstić information content (AvgIpc) is 3.07. The zero-order valence-electron chi connectivity index (χ0n) is 14.1. The van der Waals surface area contributed by atoms with Gasteiger partial charge in [0, 0.05) is 24.8 Å². The lowest BCUT2D eigenvalue weighted by molar-refractivity contribution is -0.119. The molecular formula is C16H19FN4O3S. The molecule has 9 heteroatoms. The van der Waals surface area contributed by atoms with Crippen LogP contribution in [0.25, 0.3) is 11.4 Å². The minimum atomic E-state index is -0.532. The highest BCUT2D eigenvalue weighted by atomic mass is 32.2. The number of benzene rings is 1. The fourth-order valence-corrected chi connectivity index (χ4v) is 2.80. The number of carbonyl (C=O) groups excluding carboxylic acids is 2. The third-order valence-electron chi connectivity index (χ3n) is 3.40. The topological polar surface area (TPSA) is 97.1 Å². The van der Waals surface area contributed by atoms with Crippen LogP contribution in [-0.2, 0) is 4.79 Å². The molecule has 0 saturated carbocycles. The number of rotatable bonds is 6. The summed E-state index contributed by atoms with van der Waals surface area (Å²) in [6, 6.07) is 4.22. The molecule has 2 N–H and O–H groups in total. The van der Waals surface area contributed by atoms with Crippen LogP contribution >= 0.6 is 11.8 Å². The summed E-state index contributed by atoms with van der Waals surface area (Å²) in [4.78, 5) is 26.8. The van der Waals surface area contributed by atoms with Crippen LogP contribution in [0.3, 0.4) is 0 Å². The van der Waals surface area contributed by atoms with E-state index in [9.17, 15) is 14.0 Å². The smallest absolute Gasteiger partial charge is 0.321 e. The van der Waals surface area contributed by atoms with E-state index in [4.69, 9.17) is 4.52 Å². The van der Waals surface area contributed by atoms with E-state index in [0.29, 0.717) is 28.6 Å². The zero-order valence-corrected chi connectivity index (χ0v) is 14.9. The van der Waals surface area contributed by atoms with Gasteiger partial charge in [-0.1, -0.05) is 17.3 Å². The van der Waals surface area contributed by atoms with Crippen molar-refractivity contribution in [2.75, 3.05) is 12.8 Å². The highest BCUT2D eigenvalue weighted by Crippen LogP contribution is 2.29. The summed E-state index contributed by atoms with van der Waals surface area (Å²) < 4.78 is 18.9. The summed E-state index contributed by atoms with van der Waals surface area (Å²) in [6.07, 6.45) is 0.187. The van der Waals surface area contributed by atoms with Gasteiger partial charge in [0.05, 0.1) is 5.25 Å². The van der Waals surface area contributed by atoms with Crippen LogP contribution in [0.15, 0.2) is 22.7 Å². The van der Waals surface area contributed by atoms with Crippen molar-refractivity contribution in [3.8, 4) is 11.4 Å². The van der Waals surface area contributed by atoms with Crippen LogP contribution < -0.4 is 10.6 Å². The number of hydrogen-bond donors (Lipinski definition) is 2. The van der Waals surface area contributed by atoms with E-state index in [0.717, 1.165) is 0 Å². The van der Waals surface area contributed by atoms with Crippen molar-refractivity contribution in [1.29, 1.82) is 0 Å². The summed E-state index contributed by atoms with van der Waals surface area (Å²) in [5, 5.41) is 8.24. The number of halogens is 1. The van der Waals surface area contributed by atoms with Crippen molar-refractivity contribution in [3.63, 3.8) is 0 Å². The molecular weight excluding hydrogens is 347 g/mol. The number of urea groups is 1. The van der Waals surface area contributed by atoms with Gasteiger partial charge in [-0.3, -0.25) is 10.1 Å². The highest BCUT2D eigenvalue weighted by Gasteiger charge is 2.17. The molecule has 1 unspecified atom stereocenters. The molecule has 0 aliphatic carbocycles. The van der Waals surface area contributed by atoms with Crippen molar-refractivity contribution in [1.82, 2.24) is 20.8 Å². The predicted molar refractivity (Wildman–Crippen MR) is 92.5 cm³/mol. The Kier molecular flexibility index (Phi) is 6.51. The Morgan fingerprint density at radius 3 is 2.84 bits per heavy atom. The van der Waals surface area contributed by atoms with Gasteiger partial charge < -0.3 is 9.84 Å². The van der Waals surface area contributed by atoms with Crippen LogP contribution in [0, 0.1) is 12.7 Å². The second kappa shape index (κ2) is 8.61. The van der Waals surface area contributed by atoms with Gasteiger partial charge in [-0.15, -0.1) is 11.8 Å². The molecule has 0 fully saturated rings. The lowest BCUT2D eigenvalue weighted by atomic mass is 10.1. The number of nitrogens with zero attached hydrogens (tertiary/aromatic N) is 2. The van der Waals surface area contributed by atoms with Crippen LogP contribution in [0.4, 0.5) is 9.18 Å². The monoisotopic (exact) mass is 366 g/mol. The zero-order chi connectivity index (χ0) is 18.4. The van der Waals surface area contributed by atoms with Gasteiger partial charge in [0.25, 0.3) is 0 Å². The first-order chi connectivity index (χ1) is 11.9. The molecule has 0 radical (unpaired) electrons. The van der Waals surface area contributed by atoms with Crippen LogP contribution in [0.2, 0.25) is 0 Å². The molecule has 1 aromatic carbocycles. The number of nitrogens with one attached hydrogen (secondary N) is 2. The lowest BCUT2D eigenvalue weighted by Crippen LogP contribution is -2.37. The summed E-state index contributed by atoms with van der Waals surface area (Å²) in [6.45, 7) is 3.55. The van der Waals surface area contributed by atoms with E-state index in [1.54, 1.807) is 19.1 Å². The molecule has 2 aromatic rings. The quantitative estimate of drug-likeness (QED) is 0.816. The maximum Gasteiger partial charge on any atom is 0.321 e. The Morgan fingerprint density at radius 1 is 1.40 bits per heavy atom. The molecule has 134 valence electrons. The van der Waals surface area contributed by atoms with Gasteiger partial charge in [-0.05, 0) is 25.5 Å². The molecule has 1 heterocycles. The highest BCUT2D eigenvalue weighted by molar-refractivity contribution is 7.99. The van der Waals surface area contributed by atoms with Gasteiger partial charge in [0.1, 0.15) is 5.82 Å². The van der Waals surface area contributed by atoms with Crippen molar-refractivity contribution in [2.24, 2.45) is 0 Å². The summed E-state index contributed by atoms with van der Waals surface area (Å²) in [5.41, 5.74) is 1.09. The van der Waals surface area contributed by atoms with E-state index < -0.39 is 6.03 Å². The molecule has 1 aromatic heterocycles. The third kappa shape index (κ3) is 5.28. The van der Waals surface area contributed by atoms with E-state index >= 15 is 0 Å². The Bertz CT molecular complexity index is 766. The summed E-state index contributed by atoms with van der Waals surface area (Å²) in [7, 11) is 1.44. The van der Waals surface area contributed by atoms with E-state index in [1.807, 2.05) is 6.92 Å². The molecule has 3 amide bonds. The maximum absolute atomic E-state index is 13.6. The molecule has 2 rings (SSSR count). The molecule has 0 saturated heterocycles. The van der Waals surface area contributed by atoms with Gasteiger partial charge in [-0.2, -0.15) is 4.98 Å². The Hall–Kier alpha value is -2.42. The predicted octanol–water partition coefficient (Wildman–Crippen LogP) is 2.82. The molecule has 0 bridgehead atoms. The molecule has 25 heavy (non-hydrogen) atoms. The Balaban J connectivity index is 1.89. The number of aromatic nitrogens is 2. The number of amides is 3. The van der Waals surface area contributed by atoms with E-state index in [2.05, 4.69) is 20.8 Å². The van der Waals surface area contributed by atoms with Gasteiger partial charge in [0.2, 0.25) is 17.6 Å². The minimum absolute atomic E-state index is 0.135. The number of aryl methyl sites for hydroxylation is 1. The van der Waals surface area contributed by atoms with Gasteiger partial charge in [0.15, 0.2) is 0 Å². The fourth-order valence-electron chi connectivity index (χ4n) is 1.90. The molecule has 0 spiro atoms. The molecule has 1 atom stereocenters. The summed E-state index contributed by atoms with van der Waals surface area (Å²) in [5.74, 6) is 0.515. The normalized spacial score (nSPS) is 11.8. The van der Waals surface area contributed by atoms with Gasteiger partial charge >= 0.3 is 6.03 Å². The van der Waals surface area contributed by atoms with Crippen LogP contribution in [0.1, 0.15) is 30.0 Å². The first kappa shape index (κ1) is 18.9. The van der Waals surface area contributed by atoms with E-state index in [-0.39, 0.29) is 23.4 Å². The third-order valence-corrected chi connectivity index (χ3v) is 4.54. The SMILES string of the molecule is CNC(=O)NC(=O)CCSC(C)c1nc(-c2ccc(C)c(F)c2)no1. The largest absolute Gasteiger partial charge is 0.341 e. The van der Waals surface area contributed by atoms with Crippen molar-refractivity contribution < 1.29 is 18.5 Å². The maximum atomic E-state index is 13.6. The second-order valence-electron chi connectivity index (χ2n) is 5.31. The lowest BCUT2D eigenvalue weighted by Gasteiger charge is -2.06. The standard InChI is InChI=1S/C16H19FN4O3S/c1-9-4-5-11(8-12(9)17)14-20-15(24-21-14)10(2)25-7-6-13(22)19-16(23)18-3/h4-5,8,10H,6-7H2,1-3H3,(H2,18,19,22,23). The Morgan fingerprint density at radius 2 is 2.16 bits per heavy atom. The summed E-state index contributed by atoms with van der Waals surface area (Å²) >= 11 is 1.44. The average molecular weight is 366 g/mol. The number of thioether (sulfide) groups is 1. The molecule has 7 nitrogen and oxygen atoms in total. The second-order valence-corrected chi connectivity index (χ2v) is 6.76. The van der Waals surface area contributed by atoms with Crippen molar-refractivity contribution in [3.05, 3.63) is 35.5 Å². The number of carbonyl (C=O) groups is 2. The van der Waals surface area contributed by atoms with Crippen molar-refractivity contribution in [2.45, 2.75) is 25.5 Å². The Labute approximate surface area is 148 Å². The molecule has 0 aliphatic rings.